The molecule has 19 heavy (non-hydrogen) atoms. The van der Waals surface area contributed by atoms with Crippen LogP contribution >= 0.6 is 11.8 Å². The fourth-order valence-electron chi connectivity index (χ4n) is 1.61. The van der Waals surface area contributed by atoms with E-state index in [9.17, 15) is 8.78 Å². The first-order valence-corrected chi connectivity index (χ1v) is 6.37. The van der Waals surface area contributed by atoms with Crippen LogP contribution in [0.4, 0.5) is 8.78 Å². The van der Waals surface area contributed by atoms with Gasteiger partial charge in [0.2, 0.25) is 0 Å². The largest absolute Gasteiger partial charge is 0.384 e. The lowest BCUT2D eigenvalue weighted by Gasteiger charge is -2.09. The molecule has 2 aromatic carbocycles. The van der Waals surface area contributed by atoms with Gasteiger partial charge in [0.25, 0.3) is 0 Å². The quantitative estimate of drug-likeness (QED) is 0.664. The summed E-state index contributed by atoms with van der Waals surface area (Å²) < 4.78 is 26.0. The van der Waals surface area contributed by atoms with Crippen molar-refractivity contribution in [1.29, 1.82) is 5.41 Å². The van der Waals surface area contributed by atoms with Gasteiger partial charge in [0.15, 0.2) is 11.6 Å². The van der Waals surface area contributed by atoms with Crippen molar-refractivity contribution >= 4 is 17.6 Å². The van der Waals surface area contributed by atoms with E-state index in [0.29, 0.717) is 10.5 Å². The summed E-state index contributed by atoms with van der Waals surface area (Å²) in [4.78, 5) is 1.30. The standard InChI is InChI=1S/C14H12F2N2S/c1-8-2-5-13(10(6-8)14(17)18)19-9-3-4-11(15)12(16)7-9/h2-7H,1H3,(H3,17,18). The first-order valence-electron chi connectivity index (χ1n) is 5.55. The van der Waals surface area contributed by atoms with Crippen LogP contribution in [0.1, 0.15) is 11.1 Å². The number of hydrogen-bond acceptors (Lipinski definition) is 2. The van der Waals surface area contributed by atoms with Gasteiger partial charge in [0.05, 0.1) is 0 Å². The Labute approximate surface area is 114 Å². The SMILES string of the molecule is Cc1ccc(Sc2ccc(F)c(F)c2)c(C(=N)N)c1. The molecule has 2 rings (SSSR count). The van der Waals surface area contributed by atoms with E-state index in [4.69, 9.17) is 11.1 Å². The molecule has 0 aliphatic carbocycles. The summed E-state index contributed by atoms with van der Waals surface area (Å²) in [6.45, 7) is 1.90. The molecule has 3 N–H and O–H groups in total. The fourth-order valence-corrected chi connectivity index (χ4v) is 2.58. The second kappa shape index (κ2) is 5.40. The Bertz CT molecular complexity index is 641. The number of rotatable bonds is 3. The highest BCUT2D eigenvalue weighted by Gasteiger charge is 2.09. The maximum atomic E-state index is 13.1. The summed E-state index contributed by atoms with van der Waals surface area (Å²) in [5.41, 5.74) is 7.11. The van der Waals surface area contributed by atoms with Gasteiger partial charge in [0, 0.05) is 15.4 Å². The number of nitrogens with two attached hydrogens (primary N) is 1. The molecule has 0 spiro atoms. The van der Waals surface area contributed by atoms with Gasteiger partial charge in [-0.3, -0.25) is 5.41 Å². The molecule has 0 fully saturated rings. The van der Waals surface area contributed by atoms with Gasteiger partial charge < -0.3 is 5.73 Å². The van der Waals surface area contributed by atoms with E-state index < -0.39 is 11.6 Å². The zero-order chi connectivity index (χ0) is 14.0. The van der Waals surface area contributed by atoms with Crippen LogP contribution in [0.5, 0.6) is 0 Å². The number of benzene rings is 2. The summed E-state index contributed by atoms with van der Waals surface area (Å²) in [5, 5.41) is 7.55. The van der Waals surface area contributed by atoms with Crippen LogP contribution < -0.4 is 5.73 Å². The Kier molecular flexibility index (Phi) is 3.85. The van der Waals surface area contributed by atoms with E-state index in [0.717, 1.165) is 22.6 Å². The lowest BCUT2D eigenvalue weighted by molar-refractivity contribution is 0.506. The molecule has 0 unspecified atom stereocenters. The van der Waals surface area contributed by atoms with Gasteiger partial charge >= 0.3 is 0 Å². The second-order valence-corrected chi connectivity index (χ2v) is 5.21. The van der Waals surface area contributed by atoms with Gasteiger partial charge in [-0.2, -0.15) is 0 Å². The minimum Gasteiger partial charge on any atom is -0.384 e. The molecule has 0 aromatic heterocycles. The van der Waals surface area contributed by atoms with E-state index in [1.54, 1.807) is 6.07 Å². The average molecular weight is 278 g/mol. The Balaban J connectivity index is 2.37. The molecule has 98 valence electrons. The lowest BCUT2D eigenvalue weighted by atomic mass is 10.1. The van der Waals surface area contributed by atoms with Crippen LogP contribution in [0.3, 0.4) is 0 Å². The zero-order valence-corrected chi connectivity index (χ0v) is 11.0. The molecule has 5 heteroatoms. The third-order valence-corrected chi connectivity index (χ3v) is 3.61. The van der Waals surface area contributed by atoms with E-state index in [-0.39, 0.29) is 5.84 Å². The number of amidine groups is 1. The summed E-state index contributed by atoms with van der Waals surface area (Å²) in [7, 11) is 0. The third kappa shape index (κ3) is 3.12. The molecule has 0 bridgehead atoms. The van der Waals surface area contributed by atoms with Crippen LogP contribution in [0.15, 0.2) is 46.2 Å². The molecule has 0 saturated heterocycles. The van der Waals surface area contributed by atoms with Gasteiger partial charge in [-0.05, 0) is 37.3 Å². The molecular weight excluding hydrogens is 266 g/mol. The summed E-state index contributed by atoms with van der Waals surface area (Å²) in [6, 6.07) is 9.20. The van der Waals surface area contributed by atoms with E-state index in [2.05, 4.69) is 0 Å². The molecule has 0 amide bonds. The third-order valence-electron chi connectivity index (χ3n) is 2.54. The zero-order valence-electron chi connectivity index (χ0n) is 10.2. The summed E-state index contributed by atoms with van der Waals surface area (Å²) >= 11 is 1.25. The normalized spacial score (nSPS) is 10.5. The minimum atomic E-state index is -0.888. The van der Waals surface area contributed by atoms with Crippen molar-refractivity contribution in [3.05, 3.63) is 59.2 Å². The van der Waals surface area contributed by atoms with Crippen molar-refractivity contribution in [3.8, 4) is 0 Å². The molecular formula is C14H12F2N2S. The fraction of sp³-hybridized carbons (Fsp3) is 0.0714. The number of nitrogen functional groups attached to an aromatic ring is 1. The van der Waals surface area contributed by atoms with Crippen molar-refractivity contribution in [2.75, 3.05) is 0 Å². The topological polar surface area (TPSA) is 49.9 Å². The number of aryl methyl sites for hydroxylation is 1. The van der Waals surface area contributed by atoms with Crippen LogP contribution in [0, 0.1) is 24.0 Å². The number of nitrogens with one attached hydrogen (secondary N) is 1. The Hall–Kier alpha value is -1.88. The lowest BCUT2D eigenvalue weighted by Crippen LogP contribution is -2.12. The van der Waals surface area contributed by atoms with Crippen LogP contribution in [-0.4, -0.2) is 5.84 Å². The van der Waals surface area contributed by atoms with E-state index in [1.165, 1.54) is 17.8 Å². The van der Waals surface area contributed by atoms with Crippen molar-refractivity contribution in [2.24, 2.45) is 5.73 Å². The molecule has 0 aliphatic rings. The minimum absolute atomic E-state index is 0.0474. The number of hydrogen-bond donors (Lipinski definition) is 2. The summed E-state index contributed by atoms with van der Waals surface area (Å²) in [5.74, 6) is -1.81. The molecule has 0 atom stereocenters. The maximum Gasteiger partial charge on any atom is 0.159 e. The van der Waals surface area contributed by atoms with Crippen molar-refractivity contribution < 1.29 is 8.78 Å². The van der Waals surface area contributed by atoms with E-state index in [1.807, 2.05) is 19.1 Å². The average Bonchev–Trinajstić information content (AvgIpc) is 2.36. The number of halogens is 2. The molecule has 0 aliphatic heterocycles. The highest BCUT2D eigenvalue weighted by Crippen LogP contribution is 2.31. The smallest absolute Gasteiger partial charge is 0.159 e. The monoisotopic (exact) mass is 278 g/mol. The van der Waals surface area contributed by atoms with Crippen molar-refractivity contribution in [3.63, 3.8) is 0 Å². The Morgan fingerprint density at radius 1 is 1.11 bits per heavy atom. The van der Waals surface area contributed by atoms with Gasteiger partial charge in [-0.1, -0.05) is 23.4 Å². The van der Waals surface area contributed by atoms with Gasteiger partial charge in [-0.15, -0.1) is 0 Å². The first kappa shape index (κ1) is 13.5. The first-order chi connectivity index (χ1) is 8.97. The maximum absolute atomic E-state index is 13.1. The van der Waals surface area contributed by atoms with Crippen molar-refractivity contribution in [2.45, 2.75) is 16.7 Å². The summed E-state index contributed by atoms with van der Waals surface area (Å²) in [6.07, 6.45) is 0. The second-order valence-electron chi connectivity index (χ2n) is 4.09. The van der Waals surface area contributed by atoms with Crippen LogP contribution in [-0.2, 0) is 0 Å². The molecule has 2 nitrogen and oxygen atoms in total. The molecule has 0 heterocycles. The highest BCUT2D eigenvalue weighted by atomic mass is 32.2. The van der Waals surface area contributed by atoms with Crippen LogP contribution in [0.2, 0.25) is 0 Å². The van der Waals surface area contributed by atoms with Gasteiger partial charge in [0.1, 0.15) is 5.84 Å². The highest BCUT2D eigenvalue weighted by molar-refractivity contribution is 7.99. The van der Waals surface area contributed by atoms with Crippen molar-refractivity contribution in [1.82, 2.24) is 0 Å². The molecule has 0 saturated carbocycles. The van der Waals surface area contributed by atoms with Gasteiger partial charge in [-0.25, -0.2) is 8.78 Å². The Morgan fingerprint density at radius 3 is 2.47 bits per heavy atom. The predicted octanol–water partition coefficient (Wildman–Crippen LogP) is 3.71. The molecule has 0 radical (unpaired) electrons. The van der Waals surface area contributed by atoms with E-state index >= 15 is 0 Å². The predicted molar refractivity (Wildman–Crippen MR) is 72.7 cm³/mol. The molecule has 2 aromatic rings. The van der Waals surface area contributed by atoms with Crippen LogP contribution in [0.25, 0.3) is 0 Å². The Morgan fingerprint density at radius 2 is 1.84 bits per heavy atom.